The number of aryl methyl sites for hydroxylation is 1. The van der Waals surface area contributed by atoms with E-state index in [4.69, 9.17) is 0 Å². The zero-order valence-electron chi connectivity index (χ0n) is 10.1. The number of benzene rings is 1. The zero-order chi connectivity index (χ0) is 11.7. The molecule has 1 atom stereocenters. The molecule has 0 amide bonds. The summed E-state index contributed by atoms with van der Waals surface area (Å²) in [7, 11) is 2.07. The Morgan fingerprint density at radius 3 is 2.82 bits per heavy atom. The average Bonchev–Trinajstić information content (AvgIpc) is 2.82. The normalized spacial score (nSPS) is 19.0. The Morgan fingerprint density at radius 1 is 1.24 bits per heavy atom. The van der Waals surface area contributed by atoms with Gasteiger partial charge in [0.25, 0.3) is 0 Å². The zero-order valence-corrected chi connectivity index (χ0v) is 10.9. The monoisotopic (exact) mass is 243 g/mol. The third-order valence-corrected chi connectivity index (χ3v) is 4.73. The first-order valence-electron chi connectivity index (χ1n) is 6.20. The van der Waals surface area contributed by atoms with Crippen LogP contribution in [0.3, 0.4) is 0 Å². The SMILES string of the molecule is CNC1CCc2scc(-c3ccccc3)c2C1. The minimum absolute atomic E-state index is 0.652. The quantitative estimate of drug-likeness (QED) is 0.851. The summed E-state index contributed by atoms with van der Waals surface area (Å²) in [4.78, 5) is 1.59. The van der Waals surface area contributed by atoms with Gasteiger partial charge in [0, 0.05) is 10.9 Å². The largest absolute Gasteiger partial charge is 0.317 e. The van der Waals surface area contributed by atoms with Gasteiger partial charge >= 0.3 is 0 Å². The van der Waals surface area contributed by atoms with Crippen molar-refractivity contribution in [1.29, 1.82) is 0 Å². The molecule has 0 bridgehead atoms. The number of thiophene rings is 1. The molecule has 1 aromatic heterocycles. The fourth-order valence-electron chi connectivity index (χ4n) is 2.62. The second-order valence-electron chi connectivity index (χ2n) is 4.65. The molecule has 1 N–H and O–H groups in total. The molecule has 1 unspecified atom stereocenters. The van der Waals surface area contributed by atoms with Crippen molar-refractivity contribution in [3.05, 3.63) is 46.2 Å². The van der Waals surface area contributed by atoms with Crippen LogP contribution in [0, 0.1) is 0 Å². The summed E-state index contributed by atoms with van der Waals surface area (Å²) in [6.07, 6.45) is 3.69. The van der Waals surface area contributed by atoms with Crippen LogP contribution in [0.25, 0.3) is 11.1 Å². The first-order valence-corrected chi connectivity index (χ1v) is 7.08. The van der Waals surface area contributed by atoms with E-state index in [-0.39, 0.29) is 0 Å². The maximum absolute atomic E-state index is 3.42. The summed E-state index contributed by atoms with van der Waals surface area (Å²) in [5.74, 6) is 0. The van der Waals surface area contributed by atoms with Crippen molar-refractivity contribution in [1.82, 2.24) is 5.32 Å². The molecule has 88 valence electrons. The molecule has 2 heteroatoms. The van der Waals surface area contributed by atoms with Crippen molar-refractivity contribution in [2.75, 3.05) is 7.05 Å². The van der Waals surface area contributed by atoms with Crippen molar-refractivity contribution < 1.29 is 0 Å². The molecule has 1 nitrogen and oxygen atoms in total. The number of rotatable bonds is 2. The van der Waals surface area contributed by atoms with Gasteiger partial charge in [-0.05, 0) is 48.4 Å². The highest BCUT2D eigenvalue weighted by atomic mass is 32.1. The highest BCUT2D eigenvalue weighted by Gasteiger charge is 2.21. The molecule has 0 saturated carbocycles. The lowest BCUT2D eigenvalue weighted by atomic mass is 9.90. The lowest BCUT2D eigenvalue weighted by Crippen LogP contribution is -2.31. The molecule has 0 fully saturated rings. The molecule has 2 aromatic rings. The molecule has 1 aliphatic rings. The van der Waals surface area contributed by atoms with Gasteiger partial charge in [-0.2, -0.15) is 0 Å². The third kappa shape index (κ3) is 2.03. The number of hydrogen-bond acceptors (Lipinski definition) is 2. The Bertz CT molecular complexity index is 501. The van der Waals surface area contributed by atoms with Gasteiger partial charge in [-0.1, -0.05) is 30.3 Å². The van der Waals surface area contributed by atoms with E-state index in [9.17, 15) is 0 Å². The Hall–Kier alpha value is -1.12. The van der Waals surface area contributed by atoms with E-state index in [0.29, 0.717) is 6.04 Å². The van der Waals surface area contributed by atoms with Crippen LogP contribution in [0.4, 0.5) is 0 Å². The topological polar surface area (TPSA) is 12.0 Å². The van der Waals surface area contributed by atoms with Crippen LogP contribution in [-0.2, 0) is 12.8 Å². The molecule has 1 aliphatic carbocycles. The van der Waals surface area contributed by atoms with Crippen LogP contribution in [-0.4, -0.2) is 13.1 Å². The van der Waals surface area contributed by atoms with Crippen LogP contribution < -0.4 is 5.32 Å². The standard InChI is InChI=1S/C15H17NS/c1-16-12-7-8-15-13(9-12)14(10-17-15)11-5-3-2-4-6-11/h2-6,10,12,16H,7-9H2,1H3. The molecule has 0 saturated heterocycles. The van der Waals surface area contributed by atoms with Crippen molar-refractivity contribution in [2.45, 2.75) is 25.3 Å². The Morgan fingerprint density at radius 2 is 2.06 bits per heavy atom. The minimum Gasteiger partial charge on any atom is -0.317 e. The lowest BCUT2D eigenvalue weighted by Gasteiger charge is -2.22. The minimum atomic E-state index is 0.652. The highest BCUT2D eigenvalue weighted by Crippen LogP contribution is 2.36. The molecule has 0 radical (unpaired) electrons. The van der Waals surface area contributed by atoms with Gasteiger partial charge in [-0.15, -0.1) is 11.3 Å². The second kappa shape index (κ2) is 4.63. The third-order valence-electron chi connectivity index (χ3n) is 3.64. The van der Waals surface area contributed by atoms with Gasteiger partial charge in [0.1, 0.15) is 0 Å². The predicted octanol–water partition coefficient (Wildman–Crippen LogP) is 3.49. The van der Waals surface area contributed by atoms with Crippen molar-refractivity contribution >= 4 is 11.3 Å². The van der Waals surface area contributed by atoms with Gasteiger partial charge < -0.3 is 5.32 Å². The van der Waals surface area contributed by atoms with Crippen molar-refractivity contribution in [3.63, 3.8) is 0 Å². The van der Waals surface area contributed by atoms with E-state index in [1.165, 1.54) is 30.4 Å². The Labute approximate surface area is 106 Å². The van der Waals surface area contributed by atoms with Crippen LogP contribution in [0.1, 0.15) is 16.9 Å². The van der Waals surface area contributed by atoms with Gasteiger partial charge in [-0.3, -0.25) is 0 Å². The lowest BCUT2D eigenvalue weighted by molar-refractivity contribution is 0.501. The number of likely N-dealkylation sites (N-methyl/N-ethyl adjacent to an activating group) is 1. The summed E-state index contributed by atoms with van der Waals surface area (Å²) in [6, 6.07) is 11.4. The molecule has 17 heavy (non-hydrogen) atoms. The first kappa shape index (κ1) is 11.0. The summed E-state index contributed by atoms with van der Waals surface area (Å²) < 4.78 is 0. The van der Waals surface area contributed by atoms with Gasteiger partial charge in [-0.25, -0.2) is 0 Å². The number of nitrogens with one attached hydrogen (secondary N) is 1. The summed E-state index contributed by atoms with van der Waals surface area (Å²) in [5.41, 5.74) is 4.39. The van der Waals surface area contributed by atoms with Gasteiger partial charge in [0.05, 0.1) is 0 Å². The van der Waals surface area contributed by atoms with Crippen LogP contribution in [0.15, 0.2) is 35.7 Å². The number of hydrogen-bond donors (Lipinski definition) is 1. The fourth-order valence-corrected chi connectivity index (χ4v) is 3.73. The highest BCUT2D eigenvalue weighted by molar-refractivity contribution is 7.10. The molecule has 1 heterocycles. The first-order chi connectivity index (χ1) is 8.38. The van der Waals surface area contributed by atoms with E-state index in [1.807, 2.05) is 11.3 Å². The maximum Gasteiger partial charge on any atom is 0.0109 e. The molecule has 0 aliphatic heterocycles. The molecular weight excluding hydrogens is 226 g/mol. The molecule has 0 spiro atoms. The summed E-state index contributed by atoms with van der Waals surface area (Å²) in [6.45, 7) is 0. The molecule has 1 aromatic carbocycles. The fraction of sp³-hybridized carbons (Fsp3) is 0.333. The van der Waals surface area contributed by atoms with Crippen molar-refractivity contribution in [3.8, 4) is 11.1 Å². The van der Waals surface area contributed by atoms with Crippen LogP contribution in [0.5, 0.6) is 0 Å². The second-order valence-corrected chi connectivity index (χ2v) is 5.61. The summed E-state index contributed by atoms with van der Waals surface area (Å²) >= 11 is 1.93. The maximum atomic E-state index is 3.42. The van der Waals surface area contributed by atoms with Crippen LogP contribution in [0.2, 0.25) is 0 Å². The smallest absolute Gasteiger partial charge is 0.0109 e. The van der Waals surface area contributed by atoms with Crippen molar-refractivity contribution in [2.24, 2.45) is 0 Å². The van der Waals surface area contributed by atoms with Gasteiger partial charge in [0.15, 0.2) is 0 Å². The summed E-state index contributed by atoms with van der Waals surface area (Å²) in [5, 5.41) is 5.75. The Kier molecular flexibility index (Phi) is 3.00. The Balaban J connectivity index is 2.00. The van der Waals surface area contributed by atoms with E-state index in [1.54, 1.807) is 10.4 Å². The van der Waals surface area contributed by atoms with E-state index in [2.05, 4.69) is 48.1 Å². The average molecular weight is 243 g/mol. The van der Waals surface area contributed by atoms with E-state index < -0.39 is 0 Å². The predicted molar refractivity (Wildman–Crippen MR) is 74.6 cm³/mol. The van der Waals surface area contributed by atoms with Crippen LogP contribution >= 0.6 is 11.3 Å². The van der Waals surface area contributed by atoms with Gasteiger partial charge in [0.2, 0.25) is 0 Å². The molecule has 3 rings (SSSR count). The van der Waals surface area contributed by atoms with E-state index in [0.717, 1.165) is 0 Å². The molecular formula is C15H17NS. The van der Waals surface area contributed by atoms with E-state index >= 15 is 0 Å². The number of fused-ring (bicyclic) bond motifs is 1.